The van der Waals surface area contributed by atoms with Gasteiger partial charge in [0.2, 0.25) is 5.95 Å². The standard InChI is InChI=1S/C14H22N4S/c1-9(14(2,3)4)8-16-11-10-6-7-19-12(10)18-13(15-5)17-11/h6-7,9H,8H2,1-5H3,(H2,15,16,17,18). The number of thiophene rings is 1. The van der Waals surface area contributed by atoms with Crippen LogP contribution < -0.4 is 10.6 Å². The lowest BCUT2D eigenvalue weighted by Gasteiger charge is -2.27. The second-order valence-electron chi connectivity index (χ2n) is 5.93. The molecule has 0 bridgehead atoms. The lowest BCUT2D eigenvalue weighted by Crippen LogP contribution is -2.25. The van der Waals surface area contributed by atoms with Gasteiger partial charge in [-0.3, -0.25) is 0 Å². The molecule has 0 aliphatic heterocycles. The van der Waals surface area contributed by atoms with Crippen LogP contribution in [-0.4, -0.2) is 23.6 Å². The molecular weight excluding hydrogens is 256 g/mol. The first-order valence-corrected chi connectivity index (χ1v) is 7.46. The quantitative estimate of drug-likeness (QED) is 0.892. The normalized spacial score (nSPS) is 13.5. The van der Waals surface area contributed by atoms with E-state index in [0.29, 0.717) is 17.3 Å². The van der Waals surface area contributed by atoms with Gasteiger partial charge in [0.05, 0.1) is 5.39 Å². The van der Waals surface area contributed by atoms with Crippen LogP contribution in [0.4, 0.5) is 11.8 Å². The average molecular weight is 278 g/mol. The van der Waals surface area contributed by atoms with Crippen LogP contribution in [0, 0.1) is 11.3 Å². The van der Waals surface area contributed by atoms with E-state index in [2.05, 4.69) is 59.7 Å². The number of anilines is 2. The van der Waals surface area contributed by atoms with E-state index in [1.807, 2.05) is 7.05 Å². The van der Waals surface area contributed by atoms with Crippen molar-refractivity contribution >= 4 is 33.3 Å². The van der Waals surface area contributed by atoms with Crippen LogP contribution in [0.3, 0.4) is 0 Å². The highest BCUT2D eigenvalue weighted by Gasteiger charge is 2.20. The molecule has 2 N–H and O–H groups in total. The summed E-state index contributed by atoms with van der Waals surface area (Å²) in [6.07, 6.45) is 0. The van der Waals surface area contributed by atoms with Crippen molar-refractivity contribution in [3.63, 3.8) is 0 Å². The minimum atomic E-state index is 0.291. The molecule has 5 heteroatoms. The third kappa shape index (κ3) is 3.15. The number of fused-ring (bicyclic) bond motifs is 1. The molecule has 0 aliphatic rings. The summed E-state index contributed by atoms with van der Waals surface area (Å²) in [5, 5.41) is 9.64. The topological polar surface area (TPSA) is 49.8 Å². The molecule has 0 aromatic carbocycles. The summed E-state index contributed by atoms with van der Waals surface area (Å²) < 4.78 is 0. The monoisotopic (exact) mass is 278 g/mol. The zero-order chi connectivity index (χ0) is 14.0. The number of nitrogens with one attached hydrogen (secondary N) is 2. The molecule has 104 valence electrons. The Kier molecular flexibility index (Phi) is 3.94. The Hall–Kier alpha value is -1.36. The first-order valence-electron chi connectivity index (χ1n) is 6.58. The molecule has 4 nitrogen and oxygen atoms in total. The van der Waals surface area contributed by atoms with Gasteiger partial charge in [0, 0.05) is 13.6 Å². The fraction of sp³-hybridized carbons (Fsp3) is 0.571. The summed E-state index contributed by atoms with van der Waals surface area (Å²) in [5.41, 5.74) is 0.291. The smallest absolute Gasteiger partial charge is 0.225 e. The lowest BCUT2D eigenvalue weighted by molar-refractivity contribution is 0.274. The number of nitrogens with zero attached hydrogens (tertiary/aromatic N) is 2. The molecule has 0 radical (unpaired) electrons. The summed E-state index contributed by atoms with van der Waals surface area (Å²) in [5.74, 6) is 2.15. The molecule has 0 saturated carbocycles. The van der Waals surface area contributed by atoms with Crippen molar-refractivity contribution in [1.82, 2.24) is 9.97 Å². The minimum absolute atomic E-state index is 0.291. The van der Waals surface area contributed by atoms with Gasteiger partial charge < -0.3 is 10.6 Å². The van der Waals surface area contributed by atoms with Crippen molar-refractivity contribution < 1.29 is 0 Å². The van der Waals surface area contributed by atoms with Crippen molar-refractivity contribution in [2.24, 2.45) is 11.3 Å². The fourth-order valence-electron chi connectivity index (χ4n) is 1.66. The van der Waals surface area contributed by atoms with E-state index in [1.54, 1.807) is 11.3 Å². The van der Waals surface area contributed by atoms with Gasteiger partial charge >= 0.3 is 0 Å². The maximum Gasteiger partial charge on any atom is 0.225 e. The van der Waals surface area contributed by atoms with Gasteiger partial charge in [-0.15, -0.1) is 11.3 Å². The van der Waals surface area contributed by atoms with Gasteiger partial charge in [-0.05, 0) is 22.8 Å². The first kappa shape index (κ1) is 14.1. The predicted octanol–water partition coefficient (Wildman–Crippen LogP) is 3.83. The molecule has 2 aromatic rings. The SMILES string of the molecule is CNc1nc(NCC(C)C(C)(C)C)c2ccsc2n1. The lowest BCUT2D eigenvalue weighted by atomic mass is 9.82. The van der Waals surface area contributed by atoms with Crippen LogP contribution in [0.25, 0.3) is 10.2 Å². The number of hydrogen-bond acceptors (Lipinski definition) is 5. The second-order valence-corrected chi connectivity index (χ2v) is 6.83. The molecule has 2 aromatic heterocycles. The van der Waals surface area contributed by atoms with Crippen molar-refractivity contribution in [1.29, 1.82) is 0 Å². The second kappa shape index (κ2) is 5.33. The molecule has 0 fully saturated rings. The Balaban J connectivity index is 2.22. The minimum Gasteiger partial charge on any atom is -0.369 e. The summed E-state index contributed by atoms with van der Waals surface area (Å²) in [4.78, 5) is 9.98. The molecule has 2 heterocycles. The zero-order valence-electron chi connectivity index (χ0n) is 12.2. The van der Waals surface area contributed by atoms with Crippen LogP contribution in [0.15, 0.2) is 11.4 Å². The molecule has 0 aliphatic carbocycles. The van der Waals surface area contributed by atoms with Gasteiger partial charge in [-0.1, -0.05) is 27.7 Å². The number of aromatic nitrogens is 2. The Morgan fingerprint density at radius 1 is 1.32 bits per heavy atom. The molecule has 1 unspecified atom stereocenters. The van der Waals surface area contributed by atoms with Gasteiger partial charge in [0.25, 0.3) is 0 Å². The third-order valence-corrected chi connectivity index (χ3v) is 4.41. The summed E-state index contributed by atoms with van der Waals surface area (Å²) in [6, 6.07) is 2.07. The molecular formula is C14H22N4S. The molecule has 0 spiro atoms. The first-order chi connectivity index (χ1) is 8.91. The molecule has 0 saturated heterocycles. The number of hydrogen-bond donors (Lipinski definition) is 2. The van der Waals surface area contributed by atoms with Gasteiger partial charge in [-0.2, -0.15) is 4.98 Å². The Labute approximate surface area is 118 Å². The fourth-order valence-corrected chi connectivity index (χ4v) is 2.42. The average Bonchev–Trinajstić information content (AvgIpc) is 2.82. The summed E-state index contributed by atoms with van der Waals surface area (Å²) in [6.45, 7) is 9.96. The van der Waals surface area contributed by atoms with Gasteiger partial charge in [0.1, 0.15) is 10.6 Å². The van der Waals surface area contributed by atoms with E-state index in [9.17, 15) is 0 Å². The zero-order valence-corrected chi connectivity index (χ0v) is 13.1. The van der Waals surface area contributed by atoms with Gasteiger partial charge in [0.15, 0.2) is 0 Å². The van der Waals surface area contributed by atoms with Crippen LogP contribution in [0.1, 0.15) is 27.7 Å². The maximum atomic E-state index is 4.52. The molecule has 0 amide bonds. The van der Waals surface area contributed by atoms with E-state index in [1.165, 1.54) is 0 Å². The van der Waals surface area contributed by atoms with E-state index in [4.69, 9.17) is 0 Å². The van der Waals surface area contributed by atoms with E-state index >= 15 is 0 Å². The van der Waals surface area contributed by atoms with E-state index in [-0.39, 0.29) is 0 Å². The predicted molar refractivity (Wildman–Crippen MR) is 84.1 cm³/mol. The molecule has 1 atom stereocenters. The summed E-state index contributed by atoms with van der Waals surface area (Å²) >= 11 is 1.64. The third-order valence-electron chi connectivity index (χ3n) is 3.60. The van der Waals surface area contributed by atoms with Crippen molar-refractivity contribution in [2.45, 2.75) is 27.7 Å². The van der Waals surface area contributed by atoms with Crippen molar-refractivity contribution in [2.75, 3.05) is 24.2 Å². The number of rotatable bonds is 4. The molecule has 19 heavy (non-hydrogen) atoms. The van der Waals surface area contributed by atoms with Crippen LogP contribution in [0.2, 0.25) is 0 Å². The summed E-state index contributed by atoms with van der Waals surface area (Å²) in [7, 11) is 1.84. The maximum absolute atomic E-state index is 4.52. The van der Waals surface area contributed by atoms with Crippen molar-refractivity contribution in [3.8, 4) is 0 Å². The van der Waals surface area contributed by atoms with Gasteiger partial charge in [-0.25, -0.2) is 4.98 Å². The highest BCUT2D eigenvalue weighted by Crippen LogP contribution is 2.29. The Morgan fingerprint density at radius 3 is 2.68 bits per heavy atom. The van der Waals surface area contributed by atoms with E-state index in [0.717, 1.165) is 22.6 Å². The van der Waals surface area contributed by atoms with Crippen LogP contribution >= 0.6 is 11.3 Å². The molecule has 2 rings (SSSR count). The van der Waals surface area contributed by atoms with Crippen LogP contribution in [-0.2, 0) is 0 Å². The highest BCUT2D eigenvalue weighted by molar-refractivity contribution is 7.16. The van der Waals surface area contributed by atoms with E-state index < -0.39 is 0 Å². The Bertz CT molecular complexity index is 556. The highest BCUT2D eigenvalue weighted by atomic mass is 32.1. The van der Waals surface area contributed by atoms with Crippen molar-refractivity contribution in [3.05, 3.63) is 11.4 Å². The van der Waals surface area contributed by atoms with Crippen LogP contribution in [0.5, 0.6) is 0 Å². The Morgan fingerprint density at radius 2 is 2.05 bits per heavy atom. The largest absolute Gasteiger partial charge is 0.369 e.